The standard InChI is InChI=1S/C14H13F3N2/c15-10-7-12(17)14(8-11(10)16)19-6-5-13(18-19)9-3-1-2-4-9/h5-9H,1-4H2. The summed E-state index contributed by atoms with van der Waals surface area (Å²) in [4.78, 5) is 0. The topological polar surface area (TPSA) is 17.8 Å². The molecule has 19 heavy (non-hydrogen) atoms. The molecule has 0 bridgehead atoms. The van der Waals surface area contributed by atoms with Gasteiger partial charge in [-0.1, -0.05) is 12.8 Å². The summed E-state index contributed by atoms with van der Waals surface area (Å²) in [5.74, 6) is -2.69. The van der Waals surface area contributed by atoms with Crippen molar-refractivity contribution in [2.45, 2.75) is 31.6 Å². The van der Waals surface area contributed by atoms with E-state index in [0.29, 0.717) is 12.0 Å². The van der Waals surface area contributed by atoms with Crippen molar-refractivity contribution in [3.63, 3.8) is 0 Å². The Kier molecular flexibility index (Phi) is 3.05. The minimum Gasteiger partial charge on any atom is -0.238 e. The Morgan fingerprint density at radius 2 is 1.68 bits per heavy atom. The summed E-state index contributed by atoms with van der Waals surface area (Å²) >= 11 is 0. The van der Waals surface area contributed by atoms with E-state index in [9.17, 15) is 13.2 Å². The normalized spacial score (nSPS) is 16.2. The summed E-state index contributed by atoms with van der Waals surface area (Å²) in [6.07, 6.45) is 6.10. The molecular formula is C14H13F3N2. The molecule has 2 aromatic rings. The van der Waals surface area contributed by atoms with Crippen LogP contribution in [0.25, 0.3) is 5.69 Å². The van der Waals surface area contributed by atoms with Gasteiger partial charge in [-0.3, -0.25) is 0 Å². The maximum absolute atomic E-state index is 13.6. The molecule has 100 valence electrons. The molecule has 3 rings (SSSR count). The van der Waals surface area contributed by atoms with Crippen molar-refractivity contribution in [3.05, 3.63) is 47.5 Å². The van der Waals surface area contributed by atoms with Crippen molar-refractivity contribution in [2.75, 3.05) is 0 Å². The summed E-state index contributed by atoms with van der Waals surface area (Å²) in [5, 5.41) is 4.28. The van der Waals surface area contributed by atoms with Crippen LogP contribution in [0.3, 0.4) is 0 Å². The number of rotatable bonds is 2. The van der Waals surface area contributed by atoms with Gasteiger partial charge in [0, 0.05) is 24.2 Å². The molecule has 1 aromatic carbocycles. The molecule has 1 fully saturated rings. The summed E-state index contributed by atoms with van der Waals surface area (Å²) in [6.45, 7) is 0. The molecule has 5 heteroatoms. The second kappa shape index (κ2) is 4.72. The lowest BCUT2D eigenvalue weighted by molar-refractivity contribution is 0.491. The number of benzene rings is 1. The fourth-order valence-corrected chi connectivity index (χ4v) is 2.60. The first-order valence-electron chi connectivity index (χ1n) is 6.35. The molecule has 1 aliphatic carbocycles. The minimum absolute atomic E-state index is 0.0665. The quantitative estimate of drug-likeness (QED) is 0.753. The second-order valence-electron chi connectivity index (χ2n) is 4.88. The third-order valence-electron chi connectivity index (χ3n) is 3.62. The van der Waals surface area contributed by atoms with Crippen molar-refractivity contribution >= 4 is 0 Å². The molecule has 0 N–H and O–H groups in total. The zero-order valence-electron chi connectivity index (χ0n) is 10.2. The van der Waals surface area contributed by atoms with E-state index in [4.69, 9.17) is 0 Å². The monoisotopic (exact) mass is 266 g/mol. The third-order valence-corrected chi connectivity index (χ3v) is 3.62. The van der Waals surface area contributed by atoms with Crippen LogP contribution in [0.5, 0.6) is 0 Å². The second-order valence-corrected chi connectivity index (χ2v) is 4.88. The van der Waals surface area contributed by atoms with Crippen molar-refractivity contribution in [2.24, 2.45) is 0 Å². The molecule has 1 heterocycles. The maximum atomic E-state index is 13.6. The highest BCUT2D eigenvalue weighted by atomic mass is 19.2. The van der Waals surface area contributed by atoms with Crippen LogP contribution in [0.15, 0.2) is 24.4 Å². The van der Waals surface area contributed by atoms with Crippen LogP contribution in [0, 0.1) is 17.5 Å². The number of hydrogen-bond donors (Lipinski definition) is 0. The van der Waals surface area contributed by atoms with Crippen LogP contribution in [0.1, 0.15) is 37.3 Å². The van der Waals surface area contributed by atoms with Crippen LogP contribution in [-0.2, 0) is 0 Å². The lowest BCUT2D eigenvalue weighted by Gasteiger charge is -2.06. The lowest BCUT2D eigenvalue weighted by Crippen LogP contribution is -2.03. The largest absolute Gasteiger partial charge is 0.238 e. The Bertz CT molecular complexity index is 601. The van der Waals surface area contributed by atoms with Crippen LogP contribution in [0.4, 0.5) is 13.2 Å². The van der Waals surface area contributed by atoms with E-state index in [1.807, 2.05) is 6.07 Å². The molecule has 1 aromatic heterocycles. The molecule has 0 amide bonds. The smallest absolute Gasteiger partial charge is 0.161 e. The van der Waals surface area contributed by atoms with Gasteiger partial charge in [0.15, 0.2) is 17.5 Å². The predicted molar refractivity (Wildman–Crippen MR) is 64.6 cm³/mol. The van der Waals surface area contributed by atoms with Crippen molar-refractivity contribution < 1.29 is 13.2 Å². The van der Waals surface area contributed by atoms with Crippen LogP contribution in [-0.4, -0.2) is 9.78 Å². The third kappa shape index (κ3) is 2.25. The highest BCUT2D eigenvalue weighted by molar-refractivity contribution is 5.34. The Hall–Kier alpha value is -1.78. The highest BCUT2D eigenvalue weighted by Crippen LogP contribution is 2.33. The average Bonchev–Trinajstić information content (AvgIpc) is 3.03. The molecule has 0 atom stereocenters. The van der Waals surface area contributed by atoms with Crippen molar-refractivity contribution in [1.82, 2.24) is 9.78 Å². The Labute approximate surface area is 108 Å². The van der Waals surface area contributed by atoms with Gasteiger partial charge in [-0.05, 0) is 18.9 Å². The van der Waals surface area contributed by atoms with E-state index >= 15 is 0 Å². The first kappa shape index (κ1) is 12.3. The summed E-state index contributed by atoms with van der Waals surface area (Å²) in [6, 6.07) is 3.19. The number of halogens is 3. The van der Waals surface area contributed by atoms with Crippen LogP contribution >= 0.6 is 0 Å². The Balaban J connectivity index is 1.96. The summed E-state index contributed by atoms with van der Waals surface area (Å²) < 4.78 is 41.0. The maximum Gasteiger partial charge on any atom is 0.161 e. The fourth-order valence-electron chi connectivity index (χ4n) is 2.60. The number of hydrogen-bond acceptors (Lipinski definition) is 1. The van der Waals surface area contributed by atoms with Gasteiger partial charge < -0.3 is 0 Å². The van der Waals surface area contributed by atoms with Gasteiger partial charge in [0.05, 0.1) is 5.69 Å². The number of aromatic nitrogens is 2. The van der Waals surface area contributed by atoms with E-state index in [1.54, 1.807) is 6.20 Å². The first-order valence-corrected chi connectivity index (χ1v) is 6.35. The Morgan fingerprint density at radius 1 is 1.00 bits per heavy atom. The molecule has 0 saturated heterocycles. The lowest BCUT2D eigenvalue weighted by atomic mass is 10.1. The first-order chi connectivity index (χ1) is 9.15. The molecule has 0 radical (unpaired) electrons. The molecule has 0 unspecified atom stereocenters. The zero-order valence-corrected chi connectivity index (χ0v) is 10.2. The van der Waals surface area contributed by atoms with E-state index in [1.165, 1.54) is 17.5 Å². The van der Waals surface area contributed by atoms with Crippen molar-refractivity contribution in [1.29, 1.82) is 0 Å². The molecule has 2 nitrogen and oxygen atoms in total. The predicted octanol–water partition coefficient (Wildman–Crippen LogP) is 3.95. The molecule has 1 saturated carbocycles. The van der Waals surface area contributed by atoms with Gasteiger partial charge >= 0.3 is 0 Å². The zero-order chi connectivity index (χ0) is 13.4. The van der Waals surface area contributed by atoms with E-state index in [-0.39, 0.29) is 5.69 Å². The summed E-state index contributed by atoms with van der Waals surface area (Å²) in [5.41, 5.74) is 0.824. The van der Waals surface area contributed by atoms with Gasteiger partial charge in [-0.2, -0.15) is 5.10 Å². The molecular weight excluding hydrogens is 253 g/mol. The van der Waals surface area contributed by atoms with E-state index in [2.05, 4.69) is 5.10 Å². The van der Waals surface area contributed by atoms with Crippen molar-refractivity contribution in [3.8, 4) is 5.69 Å². The molecule has 0 spiro atoms. The Morgan fingerprint density at radius 3 is 2.42 bits per heavy atom. The van der Waals surface area contributed by atoms with Gasteiger partial charge in [0.25, 0.3) is 0 Å². The van der Waals surface area contributed by atoms with Crippen LogP contribution in [0.2, 0.25) is 0 Å². The van der Waals surface area contributed by atoms with Crippen LogP contribution < -0.4 is 0 Å². The molecule has 0 aliphatic heterocycles. The number of nitrogens with zero attached hydrogens (tertiary/aromatic N) is 2. The van der Waals surface area contributed by atoms with Gasteiger partial charge in [-0.15, -0.1) is 0 Å². The SMILES string of the molecule is Fc1cc(F)c(-n2ccc(C3CCCC3)n2)cc1F. The van der Waals surface area contributed by atoms with Gasteiger partial charge in [0.1, 0.15) is 5.69 Å². The van der Waals surface area contributed by atoms with E-state index in [0.717, 1.165) is 24.6 Å². The van der Waals surface area contributed by atoms with E-state index < -0.39 is 17.5 Å². The van der Waals surface area contributed by atoms with Gasteiger partial charge in [-0.25, -0.2) is 17.9 Å². The summed E-state index contributed by atoms with van der Waals surface area (Å²) in [7, 11) is 0. The average molecular weight is 266 g/mol. The van der Waals surface area contributed by atoms with Gasteiger partial charge in [0.2, 0.25) is 0 Å². The fraction of sp³-hybridized carbons (Fsp3) is 0.357. The highest BCUT2D eigenvalue weighted by Gasteiger charge is 2.20. The minimum atomic E-state index is -1.19. The molecule has 1 aliphatic rings.